The predicted molar refractivity (Wildman–Crippen MR) is 89.2 cm³/mol. The molecule has 132 valence electrons. The zero-order chi connectivity index (χ0) is 18.4. The number of anilines is 2. The molecular formula is C18H17F3N2O2. The average molecular weight is 350 g/mol. The van der Waals surface area contributed by atoms with Crippen LogP contribution in [-0.2, 0) is 15.8 Å². The molecule has 0 aromatic heterocycles. The molecule has 2 rings (SSSR count). The molecule has 0 bridgehead atoms. The summed E-state index contributed by atoms with van der Waals surface area (Å²) in [6.45, 7) is 2.09. The Labute approximate surface area is 143 Å². The molecule has 2 aromatic rings. The van der Waals surface area contributed by atoms with Crippen molar-refractivity contribution in [1.82, 2.24) is 0 Å². The van der Waals surface area contributed by atoms with Gasteiger partial charge in [0.2, 0.25) is 11.8 Å². The molecule has 0 heterocycles. The van der Waals surface area contributed by atoms with Crippen LogP contribution in [0.5, 0.6) is 0 Å². The molecule has 7 heteroatoms. The largest absolute Gasteiger partial charge is 0.418 e. The van der Waals surface area contributed by atoms with Gasteiger partial charge < -0.3 is 10.2 Å². The lowest BCUT2D eigenvalue weighted by molar-refractivity contribution is -0.137. The number of hydrogen-bond acceptors (Lipinski definition) is 2. The summed E-state index contributed by atoms with van der Waals surface area (Å²) >= 11 is 0. The molecule has 0 saturated heterocycles. The van der Waals surface area contributed by atoms with Crippen LogP contribution in [0.3, 0.4) is 0 Å². The van der Waals surface area contributed by atoms with E-state index in [1.54, 1.807) is 37.3 Å². The van der Waals surface area contributed by atoms with Crippen molar-refractivity contribution < 1.29 is 22.8 Å². The second kappa shape index (κ2) is 7.83. The maximum absolute atomic E-state index is 12.9. The first-order valence-corrected chi connectivity index (χ1v) is 7.64. The van der Waals surface area contributed by atoms with E-state index in [9.17, 15) is 22.8 Å². The minimum atomic E-state index is -4.59. The third kappa shape index (κ3) is 4.82. The number of carbonyl (C=O) groups is 2. The van der Waals surface area contributed by atoms with Gasteiger partial charge in [-0.1, -0.05) is 30.3 Å². The first-order valence-electron chi connectivity index (χ1n) is 7.64. The van der Waals surface area contributed by atoms with Crippen LogP contribution >= 0.6 is 0 Å². The Bertz CT molecular complexity index is 745. The monoisotopic (exact) mass is 350 g/mol. The molecule has 0 atom stereocenters. The number of para-hydroxylation sites is 2. The molecule has 0 radical (unpaired) electrons. The Morgan fingerprint density at radius 1 is 1.00 bits per heavy atom. The van der Waals surface area contributed by atoms with Crippen LogP contribution in [0.25, 0.3) is 0 Å². The molecule has 4 nitrogen and oxygen atoms in total. The van der Waals surface area contributed by atoms with Crippen LogP contribution < -0.4 is 10.2 Å². The van der Waals surface area contributed by atoms with Gasteiger partial charge in [0.05, 0.1) is 11.3 Å². The van der Waals surface area contributed by atoms with Crippen molar-refractivity contribution >= 4 is 23.2 Å². The third-order valence-corrected chi connectivity index (χ3v) is 3.50. The average Bonchev–Trinajstić information content (AvgIpc) is 2.56. The van der Waals surface area contributed by atoms with Crippen molar-refractivity contribution in [2.24, 2.45) is 0 Å². The summed E-state index contributed by atoms with van der Waals surface area (Å²) in [5, 5.41) is 2.17. The number of halogens is 3. The number of alkyl halides is 3. The second-order valence-electron chi connectivity index (χ2n) is 5.24. The number of benzene rings is 2. The van der Waals surface area contributed by atoms with E-state index in [2.05, 4.69) is 5.32 Å². The number of hydrogen-bond donors (Lipinski definition) is 1. The molecule has 1 N–H and O–H groups in total. The Morgan fingerprint density at radius 3 is 2.20 bits per heavy atom. The highest BCUT2D eigenvalue weighted by Gasteiger charge is 2.33. The van der Waals surface area contributed by atoms with E-state index in [1.165, 1.54) is 17.0 Å². The number of rotatable bonds is 5. The number of nitrogens with zero attached hydrogens (tertiary/aromatic N) is 1. The number of amides is 2. The van der Waals surface area contributed by atoms with Crippen LogP contribution in [0.1, 0.15) is 18.9 Å². The maximum Gasteiger partial charge on any atom is 0.418 e. The zero-order valence-electron chi connectivity index (χ0n) is 13.5. The van der Waals surface area contributed by atoms with Crippen molar-refractivity contribution in [3.8, 4) is 0 Å². The van der Waals surface area contributed by atoms with Crippen molar-refractivity contribution in [2.75, 3.05) is 16.8 Å². The number of carbonyl (C=O) groups excluding carboxylic acids is 2. The molecule has 0 aliphatic heterocycles. The van der Waals surface area contributed by atoms with Crippen molar-refractivity contribution in [3.05, 3.63) is 60.2 Å². The fraction of sp³-hybridized carbons (Fsp3) is 0.222. The molecule has 2 amide bonds. The maximum atomic E-state index is 12.9. The van der Waals surface area contributed by atoms with Crippen LogP contribution in [0.15, 0.2) is 54.6 Å². The first-order chi connectivity index (χ1) is 11.8. The Kier molecular flexibility index (Phi) is 5.80. The summed E-state index contributed by atoms with van der Waals surface area (Å²) < 4.78 is 38.8. The summed E-state index contributed by atoms with van der Waals surface area (Å²) in [7, 11) is 0. The lowest BCUT2D eigenvalue weighted by atomic mass is 10.1. The molecule has 25 heavy (non-hydrogen) atoms. The SMILES string of the molecule is CCN(C(=O)CC(=O)Nc1ccccc1C(F)(F)F)c1ccccc1. The number of nitrogens with one attached hydrogen (secondary N) is 1. The van der Waals surface area contributed by atoms with Gasteiger partial charge in [-0.3, -0.25) is 9.59 Å². The van der Waals surface area contributed by atoms with Gasteiger partial charge in [0.25, 0.3) is 0 Å². The zero-order valence-corrected chi connectivity index (χ0v) is 13.5. The predicted octanol–water partition coefficient (Wildman–Crippen LogP) is 4.09. The van der Waals surface area contributed by atoms with E-state index in [1.807, 2.05) is 0 Å². The van der Waals surface area contributed by atoms with Gasteiger partial charge in [-0.15, -0.1) is 0 Å². The topological polar surface area (TPSA) is 49.4 Å². The third-order valence-electron chi connectivity index (χ3n) is 3.50. The highest BCUT2D eigenvalue weighted by Crippen LogP contribution is 2.34. The van der Waals surface area contributed by atoms with Crippen LogP contribution in [0.2, 0.25) is 0 Å². The molecule has 0 saturated carbocycles. The van der Waals surface area contributed by atoms with E-state index < -0.39 is 30.0 Å². The molecular weight excluding hydrogens is 333 g/mol. The minimum absolute atomic E-state index is 0.343. The Hall–Kier alpha value is -2.83. The van der Waals surface area contributed by atoms with Crippen LogP contribution in [-0.4, -0.2) is 18.4 Å². The van der Waals surface area contributed by atoms with Gasteiger partial charge in [-0.2, -0.15) is 13.2 Å². The van der Waals surface area contributed by atoms with Gasteiger partial charge in [0.1, 0.15) is 6.42 Å². The molecule has 0 unspecified atom stereocenters. The summed E-state index contributed by atoms with van der Waals surface area (Å²) in [5.41, 5.74) is -0.694. The fourth-order valence-corrected chi connectivity index (χ4v) is 2.38. The first kappa shape index (κ1) is 18.5. The van der Waals surface area contributed by atoms with Gasteiger partial charge >= 0.3 is 6.18 Å². The summed E-state index contributed by atoms with van der Waals surface area (Å²) in [6.07, 6.45) is -5.14. The standard InChI is InChI=1S/C18H17F3N2O2/c1-2-23(13-8-4-3-5-9-13)17(25)12-16(24)22-15-11-7-6-10-14(15)18(19,20)21/h3-11H,2,12H2,1H3,(H,22,24). The normalized spacial score (nSPS) is 11.0. The Balaban J connectivity index is 2.09. The van der Waals surface area contributed by atoms with E-state index >= 15 is 0 Å². The highest BCUT2D eigenvalue weighted by molar-refractivity contribution is 6.09. The van der Waals surface area contributed by atoms with Gasteiger partial charge in [0, 0.05) is 12.2 Å². The van der Waals surface area contributed by atoms with Crippen LogP contribution in [0.4, 0.5) is 24.5 Å². The lowest BCUT2D eigenvalue weighted by Crippen LogP contribution is -2.33. The van der Waals surface area contributed by atoms with Crippen LogP contribution in [0, 0.1) is 0 Å². The molecule has 0 spiro atoms. The van der Waals surface area contributed by atoms with E-state index in [0.717, 1.165) is 12.1 Å². The van der Waals surface area contributed by atoms with Crippen molar-refractivity contribution in [1.29, 1.82) is 0 Å². The summed E-state index contributed by atoms with van der Waals surface area (Å²) in [4.78, 5) is 25.7. The lowest BCUT2D eigenvalue weighted by Gasteiger charge is -2.21. The molecule has 0 aliphatic carbocycles. The summed E-state index contributed by atoms with van der Waals surface area (Å²) in [5.74, 6) is -1.29. The van der Waals surface area contributed by atoms with Gasteiger partial charge in [-0.25, -0.2) is 0 Å². The smallest absolute Gasteiger partial charge is 0.325 e. The fourth-order valence-electron chi connectivity index (χ4n) is 2.38. The molecule has 2 aromatic carbocycles. The van der Waals surface area contributed by atoms with Crippen molar-refractivity contribution in [3.63, 3.8) is 0 Å². The quantitative estimate of drug-likeness (QED) is 0.826. The van der Waals surface area contributed by atoms with Gasteiger partial charge in [0.15, 0.2) is 0 Å². The highest BCUT2D eigenvalue weighted by atomic mass is 19.4. The van der Waals surface area contributed by atoms with Crippen molar-refractivity contribution in [2.45, 2.75) is 19.5 Å². The molecule has 0 fully saturated rings. The minimum Gasteiger partial charge on any atom is -0.325 e. The second-order valence-corrected chi connectivity index (χ2v) is 5.24. The van der Waals surface area contributed by atoms with E-state index in [-0.39, 0.29) is 5.69 Å². The van der Waals surface area contributed by atoms with E-state index in [4.69, 9.17) is 0 Å². The van der Waals surface area contributed by atoms with E-state index in [0.29, 0.717) is 12.2 Å². The molecule has 0 aliphatic rings. The Morgan fingerprint density at radius 2 is 1.60 bits per heavy atom. The summed E-state index contributed by atoms with van der Waals surface area (Å²) in [6, 6.07) is 13.4. The van der Waals surface area contributed by atoms with Gasteiger partial charge in [-0.05, 0) is 31.2 Å².